The molecule has 1 saturated carbocycles. The van der Waals surface area contributed by atoms with Gasteiger partial charge >= 0.3 is 6.09 Å². The summed E-state index contributed by atoms with van der Waals surface area (Å²) in [7, 11) is 0. The zero-order valence-electron chi connectivity index (χ0n) is 16.4. The SMILES string of the molecule is CCc1ccc(C(CC)NCC(NC(=O)OC(C)(C)C)C2CC2)cc1. The molecule has 1 aromatic carbocycles. The van der Waals surface area contributed by atoms with Crippen molar-refractivity contribution in [2.24, 2.45) is 5.92 Å². The molecule has 140 valence electrons. The zero-order chi connectivity index (χ0) is 18.4. The van der Waals surface area contributed by atoms with Gasteiger partial charge in [0.15, 0.2) is 0 Å². The fourth-order valence-corrected chi connectivity index (χ4v) is 3.05. The lowest BCUT2D eigenvalue weighted by molar-refractivity contribution is 0.0496. The third kappa shape index (κ3) is 6.69. The van der Waals surface area contributed by atoms with Crippen LogP contribution in [0.5, 0.6) is 0 Å². The third-order valence-electron chi connectivity index (χ3n) is 4.68. The topological polar surface area (TPSA) is 50.4 Å². The molecular formula is C21H34N2O2. The fourth-order valence-electron chi connectivity index (χ4n) is 3.05. The van der Waals surface area contributed by atoms with E-state index in [2.05, 4.69) is 48.7 Å². The summed E-state index contributed by atoms with van der Waals surface area (Å²) in [4.78, 5) is 12.1. The molecule has 1 amide bonds. The summed E-state index contributed by atoms with van der Waals surface area (Å²) in [6, 6.07) is 9.29. The van der Waals surface area contributed by atoms with Crippen LogP contribution in [0, 0.1) is 5.92 Å². The zero-order valence-corrected chi connectivity index (χ0v) is 16.4. The molecule has 1 fully saturated rings. The van der Waals surface area contributed by atoms with Gasteiger partial charge in [0.1, 0.15) is 5.60 Å². The maximum atomic E-state index is 12.1. The second-order valence-corrected chi connectivity index (χ2v) is 8.05. The minimum absolute atomic E-state index is 0.138. The van der Waals surface area contributed by atoms with Crippen molar-refractivity contribution in [3.05, 3.63) is 35.4 Å². The van der Waals surface area contributed by atoms with E-state index < -0.39 is 5.60 Å². The number of hydrogen-bond donors (Lipinski definition) is 2. The lowest BCUT2D eigenvalue weighted by atomic mass is 10.0. The number of carbonyl (C=O) groups is 1. The first-order chi connectivity index (χ1) is 11.8. The van der Waals surface area contributed by atoms with E-state index >= 15 is 0 Å². The molecule has 1 aromatic rings. The minimum atomic E-state index is -0.460. The van der Waals surface area contributed by atoms with E-state index in [4.69, 9.17) is 4.74 Å². The molecule has 25 heavy (non-hydrogen) atoms. The first-order valence-electron chi connectivity index (χ1n) is 9.64. The van der Waals surface area contributed by atoms with Crippen LogP contribution in [0.4, 0.5) is 4.79 Å². The maximum absolute atomic E-state index is 12.1. The number of carbonyl (C=O) groups excluding carboxylic acids is 1. The van der Waals surface area contributed by atoms with E-state index in [9.17, 15) is 4.79 Å². The van der Waals surface area contributed by atoms with Gasteiger partial charge in [-0.1, -0.05) is 38.1 Å². The molecule has 0 aromatic heterocycles. The number of hydrogen-bond acceptors (Lipinski definition) is 3. The van der Waals surface area contributed by atoms with E-state index in [-0.39, 0.29) is 12.1 Å². The summed E-state index contributed by atoms with van der Waals surface area (Å²) in [6.07, 6.45) is 4.14. The normalized spacial score (nSPS) is 17.0. The van der Waals surface area contributed by atoms with Gasteiger partial charge in [-0.15, -0.1) is 0 Å². The second-order valence-electron chi connectivity index (χ2n) is 8.05. The van der Waals surface area contributed by atoms with Gasteiger partial charge in [-0.2, -0.15) is 0 Å². The summed E-state index contributed by atoms with van der Waals surface area (Å²) < 4.78 is 5.41. The molecule has 0 radical (unpaired) electrons. The summed E-state index contributed by atoms with van der Waals surface area (Å²) >= 11 is 0. The molecule has 0 saturated heterocycles. The van der Waals surface area contributed by atoms with Crippen molar-refractivity contribution < 1.29 is 9.53 Å². The van der Waals surface area contributed by atoms with Gasteiger partial charge in [0.05, 0.1) is 0 Å². The van der Waals surface area contributed by atoms with Crippen LogP contribution >= 0.6 is 0 Å². The highest BCUT2D eigenvalue weighted by molar-refractivity contribution is 5.68. The summed E-state index contributed by atoms with van der Waals surface area (Å²) in [5.41, 5.74) is 2.21. The molecule has 2 N–H and O–H groups in total. The average Bonchev–Trinajstić information content (AvgIpc) is 3.38. The summed E-state index contributed by atoms with van der Waals surface area (Å²) in [5.74, 6) is 0.569. The lowest BCUT2D eigenvalue weighted by Crippen LogP contribution is -2.46. The second kappa shape index (κ2) is 8.70. The first-order valence-corrected chi connectivity index (χ1v) is 9.64. The van der Waals surface area contributed by atoms with Crippen LogP contribution in [0.25, 0.3) is 0 Å². The van der Waals surface area contributed by atoms with Crippen LogP contribution < -0.4 is 10.6 Å². The Morgan fingerprint density at radius 1 is 1.20 bits per heavy atom. The van der Waals surface area contributed by atoms with Crippen molar-refractivity contribution in [2.45, 2.75) is 78.0 Å². The van der Waals surface area contributed by atoms with E-state index in [1.54, 1.807) is 0 Å². The largest absolute Gasteiger partial charge is 0.444 e. The smallest absolute Gasteiger partial charge is 0.407 e. The van der Waals surface area contributed by atoms with Crippen molar-refractivity contribution in [1.29, 1.82) is 0 Å². The van der Waals surface area contributed by atoms with Gasteiger partial charge in [0, 0.05) is 18.6 Å². The molecule has 2 rings (SSSR count). The number of alkyl carbamates (subject to hydrolysis) is 1. The number of aryl methyl sites for hydroxylation is 1. The predicted molar refractivity (Wildman–Crippen MR) is 103 cm³/mol. The summed E-state index contributed by atoms with van der Waals surface area (Å²) in [5, 5.41) is 6.70. The van der Waals surface area contributed by atoms with Crippen molar-refractivity contribution in [3.63, 3.8) is 0 Å². The van der Waals surface area contributed by atoms with Gasteiger partial charge in [0.25, 0.3) is 0 Å². The quantitative estimate of drug-likeness (QED) is 0.723. The van der Waals surface area contributed by atoms with E-state index in [0.29, 0.717) is 12.0 Å². The molecule has 1 aliphatic carbocycles. The Labute approximate surface area is 152 Å². The van der Waals surface area contributed by atoms with E-state index in [1.807, 2.05) is 20.8 Å². The molecule has 4 heteroatoms. The number of rotatable bonds is 8. The van der Waals surface area contributed by atoms with Crippen molar-refractivity contribution in [2.75, 3.05) is 6.54 Å². The van der Waals surface area contributed by atoms with Crippen LogP contribution in [0.1, 0.15) is 71.0 Å². The summed E-state index contributed by atoms with van der Waals surface area (Å²) in [6.45, 7) is 10.8. The molecule has 1 aliphatic rings. The van der Waals surface area contributed by atoms with Crippen LogP contribution in [-0.4, -0.2) is 24.3 Å². The van der Waals surface area contributed by atoms with Crippen molar-refractivity contribution >= 4 is 6.09 Å². The first kappa shape index (κ1) is 19.8. The molecule has 2 unspecified atom stereocenters. The van der Waals surface area contributed by atoms with E-state index in [1.165, 1.54) is 24.0 Å². The Bertz CT molecular complexity index is 544. The van der Waals surface area contributed by atoms with Crippen molar-refractivity contribution in [1.82, 2.24) is 10.6 Å². The molecule has 2 atom stereocenters. The molecule has 0 aliphatic heterocycles. The van der Waals surface area contributed by atoms with Gasteiger partial charge in [-0.25, -0.2) is 4.79 Å². The number of nitrogens with one attached hydrogen (secondary N) is 2. The highest BCUT2D eigenvalue weighted by Crippen LogP contribution is 2.33. The Morgan fingerprint density at radius 2 is 1.84 bits per heavy atom. The van der Waals surface area contributed by atoms with Crippen molar-refractivity contribution in [3.8, 4) is 0 Å². The van der Waals surface area contributed by atoms with E-state index in [0.717, 1.165) is 19.4 Å². The lowest BCUT2D eigenvalue weighted by Gasteiger charge is -2.26. The molecule has 0 spiro atoms. The van der Waals surface area contributed by atoms with Gasteiger partial charge < -0.3 is 15.4 Å². The van der Waals surface area contributed by atoms with Crippen LogP contribution in [0.3, 0.4) is 0 Å². The standard InChI is InChI=1S/C21H34N2O2/c1-6-15-8-10-16(11-9-15)18(7-2)22-14-19(17-12-13-17)23-20(24)25-21(3,4)5/h8-11,17-19,22H,6-7,12-14H2,1-5H3,(H,23,24). The number of ether oxygens (including phenoxy) is 1. The van der Waals surface area contributed by atoms with Gasteiger partial charge in [-0.3, -0.25) is 0 Å². The molecule has 0 heterocycles. The number of benzene rings is 1. The van der Waals surface area contributed by atoms with Gasteiger partial charge in [-0.05, 0) is 63.5 Å². The minimum Gasteiger partial charge on any atom is -0.444 e. The average molecular weight is 347 g/mol. The highest BCUT2D eigenvalue weighted by atomic mass is 16.6. The van der Waals surface area contributed by atoms with Crippen LogP contribution in [0.15, 0.2) is 24.3 Å². The van der Waals surface area contributed by atoms with Crippen LogP contribution in [0.2, 0.25) is 0 Å². The maximum Gasteiger partial charge on any atom is 0.407 e. The molecular weight excluding hydrogens is 312 g/mol. The number of amides is 1. The molecule has 0 bridgehead atoms. The third-order valence-corrected chi connectivity index (χ3v) is 4.68. The Kier molecular flexibility index (Phi) is 6.88. The van der Waals surface area contributed by atoms with Crippen LogP contribution in [-0.2, 0) is 11.2 Å². The Balaban J connectivity index is 1.91. The fraction of sp³-hybridized carbons (Fsp3) is 0.667. The van der Waals surface area contributed by atoms with Gasteiger partial charge in [0.2, 0.25) is 0 Å². The highest BCUT2D eigenvalue weighted by Gasteiger charge is 2.33. The Morgan fingerprint density at radius 3 is 2.32 bits per heavy atom. The Hall–Kier alpha value is -1.55. The monoisotopic (exact) mass is 346 g/mol. The molecule has 4 nitrogen and oxygen atoms in total. The predicted octanol–water partition coefficient (Wildman–Crippen LogP) is 4.59.